The molecule has 3 aromatic rings. The van der Waals surface area contributed by atoms with Gasteiger partial charge in [-0.3, -0.25) is 4.79 Å². The molecule has 0 radical (unpaired) electrons. The van der Waals surface area contributed by atoms with Gasteiger partial charge in [0.2, 0.25) is 10.0 Å². The number of ether oxygens (including phenoxy) is 1. The van der Waals surface area contributed by atoms with Crippen molar-refractivity contribution in [3.05, 3.63) is 107 Å². The van der Waals surface area contributed by atoms with Crippen LogP contribution in [0.3, 0.4) is 0 Å². The maximum atomic E-state index is 13.9. The van der Waals surface area contributed by atoms with E-state index in [0.29, 0.717) is 16.9 Å². The summed E-state index contributed by atoms with van der Waals surface area (Å²) in [7, 11) is -2.70. The fourth-order valence-electron chi connectivity index (χ4n) is 3.95. The molecule has 0 aromatic heterocycles. The van der Waals surface area contributed by atoms with Gasteiger partial charge in [-0.1, -0.05) is 60.7 Å². The molecule has 0 amide bonds. The van der Waals surface area contributed by atoms with Crippen LogP contribution in [0, 0.1) is 11.3 Å². The van der Waals surface area contributed by atoms with Crippen LogP contribution in [0.1, 0.15) is 22.0 Å². The zero-order valence-electron chi connectivity index (χ0n) is 17.8. The van der Waals surface area contributed by atoms with Crippen LogP contribution in [0.25, 0.3) is 0 Å². The Morgan fingerprint density at radius 3 is 2.09 bits per heavy atom. The van der Waals surface area contributed by atoms with E-state index in [1.54, 1.807) is 72.8 Å². The molecule has 0 aliphatic carbocycles. The minimum Gasteiger partial charge on any atom is -0.497 e. The summed E-state index contributed by atoms with van der Waals surface area (Å²) in [6.07, 6.45) is 0. The highest BCUT2D eigenvalue weighted by Crippen LogP contribution is 2.44. The quantitative estimate of drug-likeness (QED) is 0.565. The molecule has 0 fully saturated rings. The standard InChI is InChI=1S/C25H21N3O4S/c1-32-19-14-12-17(13-15-19)23-21(16-26)22(27)24(25(29)18-8-4-2-5-9-18)28(23)33(30,31)20-10-6-3-7-11-20/h2-15,23-24H,27H2,1H3. The molecule has 2 atom stereocenters. The van der Waals surface area contributed by atoms with Crippen LogP contribution in [0.15, 0.2) is 101 Å². The third kappa shape index (κ3) is 3.89. The van der Waals surface area contributed by atoms with Crippen LogP contribution in [0.5, 0.6) is 5.75 Å². The number of sulfonamides is 1. The normalized spacial score (nSPS) is 18.7. The first-order chi connectivity index (χ1) is 15.9. The van der Waals surface area contributed by atoms with Crippen molar-refractivity contribution < 1.29 is 17.9 Å². The molecule has 0 spiro atoms. The fourth-order valence-corrected chi connectivity index (χ4v) is 5.69. The smallest absolute Gasteiger partial charge is 0.245 e. The first-order valence-corrected chi connectivity index (χ1v) is 11.6. The average molecular weight is 460 g/mol. The Labute approximate surface area is 192 Å². The van der Waals surface area contributed by atoms with Crippen LogP contribution in [0.4, 0.5) is 0 Å². The summed E-state index contributed by atoms with van der Waals surface area (Å²) in [4.78, 5) is 13.5. The fraction of sp³-hybridized carbons (Fsp3) is 0.120. The zero-order valence-corrected chi connectivity index (χ0v) is 18.6. The number of carbonyl (C=O) groups is 1. The van der Waals surface area contributed by atoms with Crippen molar-refractivity contribution in [2.24, 2.45) is 5.73 Å². The lowest BCUT2D eigenvalue weighted by atomic mass is 10.00. The second-order valence-corrected chi connectivity index (χ2v) is 9.28. The van der Waals surface area contributed by atoms with Gasteiger partial charge in [-0.15, -0.1) is 0 Å². The molecule has 2 N–H and O–H groups in total. The second kappa shape index (κ2) is 8.90. The zero-order chi connectivity index (χ0) is 23.6. The number of rotatable bonds is 6. The van der Waals surface area contributed by atoms with E-state index in [1.807, 2.05) is 6.07 Å². The van der Waals surface area contributed by atoms with Gasteiger partial charge in [0.1, 0.15) is 11.8 Å². The van der Waals surface area contributed by atoms with E-state index >= 15 is 0 Å². The first-order valence-electron chi connectivity index (χ1n) is 10.1. The molecule has 1 heterocycles. The van der Waals surface area contributed by atoms with Gasteiger partial charge < -0.3 is 10.5 Å². The van der Waals surface area contributed by atoms with Gasteiger partial charge in [0, 0.05) is 5.56 Å². The first kappa shape index (κ1) is 22.3. The second-order valence-electron chi connectivity index (χ2n) is 7.44. The monoisotopic (exact) mass is 459 g/mol. The number of methoxy groups -OCH3 is 1. The summed E-state index contributed by atoms with van der Waals surface area (Å²) in [5, 5.41) is 9.95. The number of nitriles is 1. The molecule has 0 bridgehead atoms. The molecular weight excluding hydrogens is 438 g/mol. The lowest BCUT2D eigenvalue weighted by molar-refractivity contribution is 0.0918. The summed E-state index contributed by atoms with van der Waals surface area (Å²) in [5.74, 6) is 0.0675. The Hall–Kier alpha value is -3.93. The van der Waals surface area contributed by atoms with Gasteiger partial charge in [-0.05, 0) is 29.8 Å². The largest absolute Gasteiger partial charge is 0.497 e. The molecular formula is C25H21N3O4S. The number of benzene rings is 3. The van der Waals surface area contributed by atoms with Gasteiger partial charge >= 0.3 is 0 Å². The topological polar surface area (TPSA) is 113 Å². The Bertz CT molecular complexity index is 1350. The Morgan fingerprint density at radius 1 is 0.970 bits per heavy atom. The highest BCUT2D eigenvalue weighted by molar-refractivity contribution is 7.89. The molecule has 1 aliphatic heterocycles. The van der Waals surface area contributed by atoms with Gasteiger partial charge in [0.25, 0.3) is 0 Å². The number of hydrogen-bond acceptors (Lipinski definition) is 6. The summed E-state index contributed by atoms with van der Waals surface area (Å²) in [6.45, 7) is 0. The number of nitrogens with two attached hydrogens (primary N) is 1. The van der Waals surface area contributed by atoms with E-state index in [2.05, 4.69) is 0 Å². The van der Waals surface area contributed by atoms with Gasteiger partial charge in [-0.25, -0.2) is 8.42 Å². The molecule has 33 heavy (non-hydrogen) atoms. The lowest BCUT2D eigenvalue weighted by Gasteiger charge is -2.30. The van der Waals surface area contributed by atoms with Crippen molar-refractivity contribution in [2.75, 3.05) is 7.11 Å². The Balaban J connectivity index is 1.94. The van der Waals surface area contributed by atoms with Gasteiger partial charge in [0.05, 0.1) is 35.4 Å². The van der Waals surface area contributed by atoms with Crippen molar-refractivity contribution >= 4 is 15.8 Å². The molecule has 7 nitrogen and oxygen atoms in total. The molecule has 0 saturated heterocycles. The number of hydrogen-bond donors (Lipinski definition) is 1. The van der Waals surface area contributed by atoms with Gasteiger partial charge in [0.15, 0.2) is 5.78 Å². The minimum absolute atomic E-state index is 0.00126. The van der Waals surface area contributed by atoms with Crippen molar-refractivity contribution in [1.82, 2.24) is 4.31 Å². The van der Waals surface area contributed by atoms with Crippen molar-refractivity contribution in [2.45, 2.75) is 17.0 Å². The van der Waals surface area contributed by atoms with Crippen LogP contribution in [-0.4, -0.2) is 31.7 Å². The number of nitrogens with zero attached hydrogens (tertiary/aromatic N) is 2. The highest BCUT2D eigenvalue weighted by atomic mass is 32.2. The molecule has 8 heteroatoms. The van der Waals surface area contributed by atoms with Crippen LogP contribution < -0.4 is 10.5 Å². The predicted octanol–water partition coefficient (Wildman–Crippen LogP) is 3.43. The number of Topliss-reactive ketones (excluding diaryl/α,β-unsaturated/α-hetero) is 1. The Morgan fingerprint density at radius 2 is 1.55 bits per heavy atom. The highest BCUT2D eigenvalue weighted by Gasteiger charge is 2.50. The van der Waals surface area contributed by atoms with Crippen LogP contribution in [0.2, 0.25) is 0 Å². The van der Waals surface area contributed by atoms with E-state index in [1.165, 1.54) is 19.2 Å². The summed E-state index contributed by atoms with van der Waals surface area (Å²) in [5.41, 5.74) is 7.07. The molecule has 4 rings (SSSR count). The summed E-state index contributed by atoms with van der Waals surface area (Å²) >= 11 is 0. The third-order valence-electron chi connectivity index (χ3n) is 5.57. The molecule has 2 unspecified atom stereocenters. The van der Waals surface area contributed by atoms with E-state index < -0.39 is 27.9 Å². The SMILES string of the molecule is COc1ccc(C2C(C#N)=C(N)C(C(=O)c3ccccc3)N2S(=O)(=O)c2ccccc2)cc1. The third-order valence-corrected chi connectivity index (χ3v) is 7.41. The number of ketones is 1. The van der Waals surface area contributed by atoms with Crippen molar-refractivity contribution in [3.63, 3.8) is 0 Å². The van der Waals surface area contributed by atoms with E-state index in [4.69, 9.17) is 10.5 Å². The molecule has 1 aliphatic rings. The Kier molecular flexibility index (Phi) is 6.01. The summed E-state index contributed by atoms with van der Waals surface area (Å²) in [6, 6.07) is 22.4. The number of carbonyl (C=O) groups excluding carboxylic acids is 1. The summed E-state index contributed by atoms with van der Waals surface area (Å²) < 4.78 is 34.0. The minimum atomic E-state index is -4.22. The van der Waals surface area contributed by atoms with Crippen LogP contribution in [-0.2, 0) is 10.0 Å². The lowest BCUT2D eigenvalue weighted by Crippen LogP contribution is -2.45. The average Bonchev–Trinajstić information content (AvgIpc) is 3.17. The van der Waals surface area contributed by atoms with Gasteiger partial charge in [-0.2, -0.15) is 9.57 Å². The maximum absolute atomic E-state index is 13.9. The van der Waals surface area contributed by atoms with E-state index in [-0.39, 0.29) is 16.2 Å². The van der Waals surface area contributed by atoms with Crippen molar-refractivity contribution in [1.29, 1.82) is 5.26 Å². The maximum Gasteiger partial charge on any atom is 0.245 e. The van der Waals surface area contributed by atoms with E-state index in [9.17, 15) is 18.5 Å². The van der Waals surface area contributed by atoms with E-state index in [0.717, 1.165) is 4.31 Å². The molecule has 166 valence electrons. The van der Waals surface area contributed by atoms with Crippen molar-refractivity contribution in [3.8, 4) is 11.8 Å². The predicted molar refractivity (Wildman–Crippen MR) is 123 cm³/mol. The molecule has 0 saturated carbocycles. The molecule has 3 aromatic carbocycles. The van der Waals surface area contributed by atoms with Crippen LogP contribution >= 0.6 is 0 Å².